The zero-order valence-corrected chi connectivity index (χ0v) is 8.00. The number of rotatable bonds is 3. The third-order valence-electron chi connectivity index (χ3n) is 3.28. The molecule has 0 bridgehead atoms. The van der Waals surface area contributed by atoms with Gasteiger partial charge in [0.05, 0.1) is 19.1 Å². The molecular weight excluding hydrogens is 170 g/mol. The molecule has 1 saturated carbocycles. The van der Waals surface area contributed by atoms with Gasteiger partial charge in [0.25, 0.3) is 0 Å². The van der Waals surface area contributed by atoms with E-state index in [0.717, 1.165) is 13.0 Å². The van der Waals surface area contributed by atoms with Gasteiger partial charge in [-0.3, -0.25) is 4.79 Å². The number of esters is 1. The van der Waals surface area contributed by atoms with Gasteiger partial charge in [0.2, 0.25) is 0 Å². The summed E-state index contributed by atoms with van der Waals surface area (Å²) in [5.41, 5.74) is -0.259. The quantitative estimate of drug-likeness (QED) is 0.618. The number of nitrogens with one attached hydrogen (secondary N) is 1. The van der Waals surface area contributed by atoms with Crippen molar-refractivity contribution in [1.29, 1.82) is 0 Å². The summed E-state index contributed by atoms with van der Waals surface area (Å²) < 4.78 is 9.89. The Hall–Kier alpha value is -0.610. The molecule has 2 aliphatic rings. The summed E-state index contributed by atoms with van der Waals surface area (Å²) >= 11 is 0. The van der Waals surface area contributed by atoms with E-state index in [4.69, 9.17) is 9.47 Å². The number of hydrogen-bond acceptors (Lipinski definition) is 4. The lowest BCUT2D eigenvalue weighted by atomic mass is 9.97. The summed E-state index contributed by atoms with van der Waals surface area (Å²) in [7, 11) is 3.11. The maximum Gasteiger partial charge on any atom is 0.313 e. The Morgan fingerprint density at radius 3 is 2.92 bits per heavy atom. The smallest absolute Gasteiger partial charge is 0.313 e. The lowest BCUT2D eigenvalue weighted by Crippen LogP contribution is -2.40. The third kappa shape index (κ3) is 1.09. The average Bonchev–Trinajstić information content (AvgIpc) is 2.79. The second-order valence-electron chi connectivity index (χ2n) is 3.85. The van der Waals surface area contributed by atoms with E-state index in [9.17, 15) is 4.79 Å². The molecule has 13 heavy (non-hydrogen) atoms. The van der Waals surface area contributed by atoms with Gasteiger partial charge in [0.1, 0.15) is 0 Å². The molecule has 2 rings (SSSR count). The van der Waals surface area contributed by atoms with E-state index in [-0.39, 0.29) is 17.4 Å². The van der Waals surface area contributed by atoms with E-state index in [1.54, 1.807) is 7.11 Å². The molecule has 1 aliphatic carbocycles. The molecule has 3 atom stereocenters. The van der Waals surface area contributed by atoms with E-state index >= 15 is 0 Å². The van der Waals surface area contributed by atoms with Crippen molar-refractivity contribution >= 4 is 5.97 Å². The first-order chi connectivity index (χ1) is 6.25. The number of ether oxygens (including phenoxy) is 2. The van der Waals surface area contributed by atoms with Gasteiger partial charge in [-0.1, -0.05) is 0 Å². The lowest BCUT2D eigenvalue weighted by Gasteiger charge is -2.20. The van der Waals surface area contributed by atoms with Crippen molar-refractivity contribution < 1.29 is 14.3 Å². The van der Waals surface area contributed by atoms with Crippen LogP contribution in [0.1, 0.15) is 6.42 Å². The predicted octanol–water partition coefficient (Wildman–Crippen LogP) is -0.216. The molecule has 3 unspecified atom stereocenters. The monoisotopic (exact) mass is 185 g/mol. The van der Waals surface area contributed by atoms with Crippen LogP contribution in [0.15, 0.2) is 0 Å². The zero-order valence-electron chi connectivity index (χ0n) is 8.00. The molecular formula is C9H15NO3. The van der Waals surface area contributed by atoms with Gasteiger partial charge < -0.3 is 14.8 Å². The number of piperidine rings is 1. The summed E-state index contributed by atoms with van der Waals surface area (Å²) in [5, 5.41) is 3.29. The summed E-state index contributed by atoms with van der Waals surface area (Å²) in [4.78, 5) is 11.5. The highest BCUT2D eigenvalue weighted by Crippen LogP contribution is 2.59. The Kier molecular flexibility index (Phi) is 2.04. The standard InChI is InChI=1S/C9H15NO3/c1-12-5-7-9(8(11)13-2)3-6(9)4-10-7/h6-7,10H,3-5H2,1-2H3. The van der Waals surface area contributed by atoms with Crippen LogP contribution in [-0.2, 0) is 14.3 Å². The van der Waals surface area contributed by atoms with E-state index in [0.29, 0.717) is 12.5 Å². The molecule has 1 N–H and O–H groups in total. The van der Waals surface area contributed by atoms with Crippen LogP contribution in [0.5, 0.6) is 0 Å². The molecule has 74 valence electrons. The van der Waals surface area contributed by atoms with Crippen molar-refractivity contribution in [3.8, 4) is 0 Å². The van der Waals surface area contributed by atoms with Crippen LogP contribution in [0.25, 0.3) is 0 Å². The van der Waals surface area contributed by atoms with Gasteiger partial charge in [-0.25, -0.2) is 0 Å². The van der Waals surface area contributed by atoms with Crippen LogP contribution in [0.2, 0.25) is 0 Å². The molecule has 0 aromatic rings. The highest BCUT2D eigenvalue weighted by molar-refractivity contribution is 5.82. The van der Waals surface area contributed by atoms with Crippen molar-refractivity contribution in [2.75, 3.05) is 27.4 Å². The highest BCUT2D eigenvalue weighted by atomic mass is 16.5. The topological polar surface area (TPSA) is 47.6 Å². The molecule has 1 heterocycles. The third-order valence-corrected chi connectivity index (χ3v) is 3.28. The fraction of sp³-hybridized carbons (Fsp3) is 0.889. The van der Waals surface area contributed by atoms with Gasteiger partial charge in [-0.15, -0.1) is 0 Å². The van der Waals surface area contributed by atoms with E-state index < -0.39 is 0 Å². The molecule has 4 heteroatoms. The number of carbonyl (C=O) groups is 1. The minimum atomic E-state index is -0.259. The molecule has 0 spiro atoms. The van der Waals surface area contributed by atoms with Gasteiger partial charge in [-0.05, 0) is 18.9 Å². The summed E-state index contributed by atoms with van der Waals surface area (Å²) in [6.07, 6.45) is 0.959. The van der Waals surface area contributed by atoms with Crippen LogP contribution in [0.3, 0.4) is 0 Å². The minimum absolute atomic E-state index is 0.0791. The Morgan fingerprint density at radius 2 is 2.38 bits per heavy atom. The minimum Gasteiger partial charge on any atom is -0.469 e. The first-order valence-corrected chi connectivity index (χ1v) is 4.56. The van der Waals surface area contributed by atoms with Gasteiger partial charge in [0.15, 0.2) is 0 Å². The Morgan fingerprint density at radius 1 is 1.62 bits per heavy atom. The Bertz CT molecular complexity index is 231. The molecule has 4 nitrogen and oxygen atoms in total. The van der Waals surface area contributed by atoms with Crippen LogP contribution < -0.4 is 5.32 Å². The number of fused-ring (bicyclic) bond motifs is 1. The molecule has 0 aromatic heterocycles. The summed E-state index contributed by atoms with van der Waals surface area (Å²) in [6, 6.07) is 0.148. The van der Waals surface area contributed by atoms with Crippen LogP contribution in [-0.4, -0.2) is 39.4 Å². The van der Waals surface area contributed by atoms with Crippen molar-refractivity contribution in [3.05, 3.63) is 0 Å². The Labute approximate surface area is 77.6 Å². The predicted molar refractivity (Wildman–Crippen MR) is 46.2 cm³/mol. The molecule has 1 saturated heterocycles. The van der Waals surface area contributed by atoms with Crippen molar-refractivity contribution in [2.45, 2.75) is 12.5 Å². The second kappa shape index (κ2) is 2.96. The van der Waals surface area contributed by atoms with E-state index in [2.05, 4.69) is 5.32 Å². The average molecular weight is 185 g/mol. The number of methoxy groups -OCH3 is 2. The molecule has 0 aromatic carbocycles. The second-order valence-corrected chi connectivity index (χ2v) is 3.85. The molecule has 0 amide bonds. The molecule has 1 aliphatic heterocycles. The highest BCUT2D eigenvalue weighted by Gasteiger charge is 2.68. The van der Waals surface area contributed by atoms with E-state index in [1.807, 2.05) is 0 Å². The fourth-order valence-electron chi connectivity index (χ4n) is 2.45. The lowest BCUT2D eigenvalue weighted by molar-refractivity contribution is -0.148. The summed E-state index contributed by atoms with van der Waals surface area (Å²) in [5.74, 6) is 0.393. The first-order valence-electron chi connectivity index (χ1n) is 4.56. The Balaban J connectivity index is 2.09. The van der Waals surface area contributed by atoms with Crippen LogP contribution in [0.4, 0.5) is 0 Å². The van der Waals surface area contributed by atoms with Gasteiger partial charge in [0, 0.05) is 13.2 Å². The fourth-order valence-corrected chi connectivity index (χ4v) is 2.45. The zero-order chi connectivity index (χ0) is 9.47. The van der Waals surface area contributed by atoms with Crippen molar-refractivity contribution in [3.63, 3.8) is 0 Å². The summed E-state index contributed by atoms with van der Waals surface area (Å²) in [6.45, 7) is 1.51. The first kappa shape index (κ1) is 8.97. The molecule has 2 fully saturated rings. The maximum atomic E-state index is 11.5. The largest absolute Gasteiger partial charge is 0.469 e. The normalized spacial score (nSPS) is 41.4. The molecule has 0 radical (unpaired) electrons. The van der Waals surface area contributed by atoms with Crippen molar-refractivity contribution in [2.24, 2.45) is 11.3 Å². The van der Waals surface area contributed by atoms with Gasteiger partial charge >= 0.3 is 5.97 Å². The van der Waals surface area contributed by atoms with Gasteiger partial charge in [-0.2, -0.15) is 0 Å². The van der Waals surface area contributed by atoms with E-state index in [1.165, 1.54) is 7.11 Å². The van der Waals surface area contributed by atoms with Crippen molar-refractivity contribution in [1.82, 2.24) is 5.32 Å². The van der Waals surface area contributed by atoms with Crippen LogP contribution in [0, 0.1) is 11.3 Å². The number of hydrogen-bond donors (Lipinski definition) is 1. The maximum absolute atomic E-state index is 11.5. The SMILES string of the molecule is COCC1NCC2CC21C(=O)OC. The number of carbonyl (C=O) groups excluding carboxylic acids is 1. The van der Waals surface area contributed by atoms with Crippen LogP contribution >= 0.6 is 0 Å².